The summed E-state index contributed by atoms with van der Waals surface area (Å²) < 4.78 is 5.24. The van der Waals surface area contributed by atoms with E-state index >= 15 is 0 Å². The van der Waals surface area contributed by atoms with Gasteiger partial charge in [0.25, 0.3) is 0 Å². The minimum absolute atomic E-state index is 0.242. The molecule has 0 aromatic rings. The third-order valence-electron chi connectivity index (χ3n) is 4.18. The molecule has 0 spiro atoms. The smallest absolute Gasteiger partial charge is 0.0589 e. The quantitative estimate of drug-likeness (QED) is 0.744. The summed E-state index contributed by atoms with van der Waals surface area (Å²) in [7, 11) is 1.78. The Balaban J connectivity index is 2.70. The molecule has 0 aromatic carbocycles. The molecule has 17 heavy (non-hydrogen) atoms. The van der Waals surface area contributed by atoms with E-state index in [1.54, 1.807) is 7.11 Å². The lowest BCUT2D eigenvalue weighted by atomic mass is 9.75. The summed E-state index contributed by atoms with van der Waals surface area (Å²) in [6.07, 6.45) is 6.40. The van der Waals surface area contributed by atoms with Crippen LogP contribution in [0.15, 0.2) is 0 Å². The van der Waals surface area contributed by atoms with E-state index in [0.29, 0.717) is 0 Å². The van der Waals surface area contributed by atoms with Crippen molar-refractivity contribution >= 4 is 0 Å². The molecule has 0 radical (unpaired) electrons. The van der Waals surface area contributed by atoms with Gasteiger partial charge in [0.15, 0.2) is 0 Å². The van der Waals surface area contributed by atoms with E-state index in [0.717, 1.165) is 32.2 Å². The molecule has 0 aliphatic heterocycles. The Bertz CT molecular complexity index is 210. The molecule has 0 aromatic heterocycles. The summed E-state index contributed by atoms with van der Waals surface area (Å²) >= 11 is 0. The Morgan fingerprint density at radius 3 is 2.71 bits per heavy atom. The van der Waals surface area contributed by atoms with Gasteiger partial charge in [-0.25, -0.2) is 0 Å². The standard InChI is InChI=1S/C14H30N2O/c1-4-8-16(9-10-17-3)14(12-15)7-5-6-13(2)11-14/h13H,4-12,15H2,1-3H3. The summed E-state index contributed by atoms with van der Waals surface area (Å²) in [5, 5.41) is 0. The van der Waals surface area contributed by atoms with Crippen LogP contribution in [-0.4, -0.2) is 43.8 Å². The van der Waals surface area contributed by atoms with E-state index in [9.17, 15) is 0 Å². The van der Waals surface area contributed by atoms with Crippen molar-refractivity contribution in [3.63, 3.8) is 0 Å². The number of hydrogen-bond donors (Lipinski definition) is 1. The predicted octanol–water partition coefficient (Wildman–Crippen LogP) is 2.25. The van der Waals surface area contributed by atoms with Crippen molar-refractivity contribution in [2.45, 2.75) is 51.5 Å². The lowest BCUT2D eigenvalue weighted by Gasteiger charge is -2.48. The van der Waals surface area contributed by atoms with Gasteiger partial charge in [-0.15, -0.1) is 0 Å². The van der Waals surface area contributed by atoms with Crippen LogP contribution in [0.3, 0.4) is 0 Å². The summed E-state index contributed by atoms with van der Waals surface area (Å²) in [4.78, 5) is 2.59. The van der Waals surface area contributed by atoms with Crippen LogP contribution >= 0.6 is 0 Å². The maximum atomic E-state index is 6.12. The first-order chi connectivity index (χ1) is 8.18. The van der Waals surface area contributed by atoms with Gasteiger partial charge in [0.2, 0.25) is 0 Å². The van der Waals surface area contributed by atoms with Crippen LogP contribution in [-0.2, 0) is 4.74 Å². The predicted molar refractivity (Wildman–Crippen MR) is 73.2 cm³/mol. The van der Waals surface area contributed by atoms with Gasteiger partial charge in [0, 0.05) is 25.7 Å². The second-order valence-electron chi connectivity index (χ2n) is 5.61. The fraction of sp³-hybridized carbons (Fsp3) is 1.00. The van der Waals surface area contributed by atoms with Gasteiger partial charge in [-0.1, -0.05) is 26.7 Å². The molecule has 2 N–H and O–H groups in total. The first-order valence-electron chi connectivity index (χ1n) is 7.12. The number of nitrogens with zero attached hydrogens (tertiary/aromatic N) is 1. The normalized spacial score (nSPS) is 29.8. The molecule has 1 rings (SSSR count). The van der Waals surface area contributed by atoms with Crippen LogP contribution in [0, 0.1) is 5.92 Å². The van der Waals surface area contributed by atoms with Crippen LogP contribution in [0.5, 0.6) is 0 Å². The second-order valence-corrected chi connectivity index (χ2v) is 5.61. The molecule has 0 heterocycles. The van der Waals surface area contributed by atoms with E-state index in [1.165, 1.54) is 32.1 Å². The van der Waals surface area contributed by atoms with Crippen molar-refractivity contribution in [1.82, 2.24) is 4.90 Å². The first kappa shape index (κ1) is 14.9. The first-order valence-corrected chi connectivity index (χ1v) is 7.12. The van der Waals surface area contributed by atoms with Gasteiger partial charge in [0.05, 0.1) is 6.61 Å². The molecule has 3 heteroatoms. The number of hydrogen-bond acceptors (Lipinski definition) is 3. The number of nitrogens with two attached hydrogens (primary N) is 1. The van der Waals surface area contributed by atoms with Crippen molar-refractivity contribution < 1.29 is 4.74 Å². The summed E-state index contributed by atoms with van der Waals surface area (Å²) in [5.74, 6) is 0.814. The Labute approximate surface area is 107 Å². The lowest BCUT2D eigenvalue weighted by molar-refractivity contribution is 0.0197. The third-order valence-corrected chi connectivity index (χ3v) is 4.18. The molecule has 102 valence electrons. The molecule has 3 nitrogen and oxygen atoms in total. The van der Waals surface area contributed by atoms with Crippen molar-refractivity contribution in [2.75, 3.05) is 33.4 Å². The zero-order valence-corrected chi connectivity index (χ0v) is 11.9. The number of rotatable bonds is 7. The zero-order valence-electron chi connectivity index (χ0n) is 11.9. The van der Waals surface area contributed by atoms with Crippen LogP contribution in [0.2, 0.25) is 0 Å². The molecule has 0 bridgehead atoms. The molecular formula is C14H30N2O. The average Bonchev–Trinajstić information content (AvgIpc) is 2.34. The minimum atomic E-state index is 0.242. The Morgan fingerprint density at radius 2 is 2.18 bits per heavy atom. The number of ether oxygens (including phenoxy) is 1. The van der Waals surface area contributed by atoms with Crippen LogP contribution in [0.25, 0.3) is 0 Å². The third kappa shape index (κ3) is 3.94. The molecule has 0 saturated heterocycles. The highest BCUT2D eigenvalue weighted by Crippen LogP contribution is 2.36. The van der Waals surface area contributed by atoms with Crippen molar-refractivity contribution in [3.8, 4) is 0 Å². The van der Waals surface area contributed by atoms with E-state index < -0.39 is 0 Å². The van der Waals surface area contributed by atoms with Gasteiger partial charge < -0.3 is 10.5 Å². The highest BCUT2D eigenvalue weighted by Gasteiger charge is 2.38. The van der Waals surface area contributed by atoms with E-state index in [-0.39, 0.29) is 5.54 Å². The van der Waals surface area contributed by atoms with E-state index in [1.807, 2.05) is 0 Å². The van der Waals surface area contributed by atoms with Gasteiger partial charge in [0.1, 0.15) is 0 Å². The van der Waals surface area contributed by atoms with E-state index in [2.05, 4.69) is 18.7 Å². The second kappa shape index (κ2) is 7.34. The van der Waals surface area contributed by atoms with Crippen LogP contribution in [0.4, 0.5) is 0 Å². The van der Waals surface area contributed by atoms with Crippen LogP contribution in [0.1, 0.15) is 46.0 Å². The zero-order chi connectivity index (χ0) is 12.7. The average molecular weight is 242 g/mol. The van der Waals surface area contributed by atoms with E-state index in [4.69, 9.17) is 10.5 Å². The minimum Gasteiger partial charge on any atom is -0.383 e. The molecule has 1 fully saturated rings. The summed E-state index contributed by atoms with van der Waals surface area (Å²) in [5.41, 5.74) is 6.36. The Morgan fingerprint density at radius 1 is 1.41 bits per heavy atom. The van der Waals surface area contributed by atoms with Crippen LogP contribution < -0.4 is 5.73 Å². The molecular weight excluding hydrogens is 212 g/mol. The van der Waals surface area contributed by atoms with Crippen molar-refractivity contribution in [1.29, 1.82) is 0 Å². The monoisotopic (exact) mass is 242 g/mol. The molecule has 1 aliphatic carbocycles. The SMILES string of the molecule is CCCN(CCOC)C1(CN)CCCC(C)C1. The molecule has 0 amide bonds. The summed E-state index contributed by atoms with van der Waals surface area (Å²) in [6, 6.07) is 0. The van der Waals surface area contributed by atoms with Gasteiger partial charge >= 0.3 is 0 Å². The van der Waals surface area contributed by atoms with Gasteiger partial charge in [-0.2, -0.15) is 0 Å². The molecule has 2 unspecified atom stereocenters. The molecule has 1 aliphatic rings. The van der Waals surface area contributed by atoms with Gasteiger partial charge in [-0.3, -0.25) is 4.90 Å². The number of methoxy groups -OCH3 is 1. The van der Waals surface area contributed by atoms with Gasteiger partial charge in [-0.05, 0) is 31.7 Å². The fourth-order valence-corrected chi connectivity index (χ4v) is 3.29. The molecule has 2 atom stereocenters. The fourth-order valence-electron chi connectivity index (χ4n) is 3.29. The highest BCUT2D eigenvalue weighted by atomic mass is 16.5. The molecule has 1 saturated carbocycles. The lowest BCUT2D eigenvalue weighted by Crippen LogP contribution is -2.57. The highest BCUT2D eigenvalue weighted by molar-refractivity contribution is 4.95. The topological polar surface area (TPSA) is 38.5 Å². The van der Waals surface area contributed by atoms with Crippen molar-refractivity contribution in [2.24, 2.45) is 11.7 Å². The Hall–Kier alpha value is -0.120. The maximum Gasteiger partial charge on any atom is 0.0589 e. The maximum absolute atomic E-state index is 6.12. The Kier molecular flexibility index (Phi) is 6.45. The van der Waals surface area contributed by atoms with Crippen molar-refractivity contribution in [3.05, 3.63) is 0 Å². The largest absolute Gasteiger partial charge is 0.383 e. The summed E-state index contributed by atoms with van der Waals surface area (Å²) in [6.45, 7) is 8.39.